The van der Waals surface area contributed by atoms with E-state index in [1.807, 2.05) is 0 Å². The number of nitrogen functional groups attached to an aromatic ring is 1. The number of anilines is 1. The van der Waals surface area contributed by atoms with Crippen LogP contribution in [0.25, 0.3) is 0 Å². The zero-order valence-corrected chi connectivity index (χ0v) is 6.93. The molecular weight excluding hydrogens is 174 g/mol. The van der Waals surface area contributed by atoms with Gasteiger partial charge in [0.05, 0.1) is 5.02 Å². The van der Waals surface area contributed by atoms with Gasteiger partial charge in [0.15, 0.2) is 6.29 Å². The second-order valence-corrected chi connectivity index (χ2v) is 2.53. The molecule has 1 rings (SSSR count). The third-order valence-electron chi connectivity index (χ3n) is 1.26. The van der Waals surface area contributed by atoms with Crippen molar-refractivity contribution in [3.8, 4) is 11.8 Å². The molecule has 0 amide bonds. The van der Waals surface area contributed by atoms with Crippen LogP contribution in [-0.4, -0.2) is 6.29 Å². The van der Waals surface area contributed by atoms with Crippen LogP contribution in [0.4, 0.5) is 5.69 Å². The first kappa shape index (κ1) is 8.63. The lowest BCUT2D eigenvalue weighted by Gasteiger charge is -1.96. The lowest BCUT2D eigenvalue weighted by atomic mass is 10.2. The topological polar surface area (TPSA) is 43.1 Å². The van der Waals surface area contributed by atoms with E-state index in [-0.39, 0.29) is 0 Å². The zero-order valence-electron chi connectivity index (χ0n) is 6.17. The molecular formula is C9H6ClNO. The number of benzene rings is 1. The summed E-state index contributed by atoms with van der Waals surface area (Å²) in [7, 11) is 0. The van der Waals surface area contributed by atoms with Crippen LogP contribution >= 0.6 is 11.6 Å². The summed E-state index contributed by atoms with van der Waals surface area (Å²) in [5, 5.41) is 0.462. The van der Waals surface area contributed by atoms with Crippen molar-refractivity contribution < 1.29 is 4.79 Å². The van der Waals surface area contributed by atoms with Crippen molar-refractivity contribution in [3.05, 3.63) is 28.8 Å². The normalized spacial score (nSPS) is 8.42. The van der Waals surface area contributed by atoms with E-state index in [2.05, 4.69) is 11.8 Å². The Morgan fingerprint density at radius 2 is 2.25 bits per heavy atom. The molecule has 60 valence electrons. The van der Waals surface area contributed by atoms with Gasteiger partial charge >= 0.3 is 0 Å². The number of aldehydes is 1. The molecule has 0 aromatic heterocycles. The monoisotopic (exact) mass is 179 g/mol. The van der Waals surface area contributed by atoms with E-state index >= 15 is 0 Å². The van der Waals surface area contributed by atoms with Crippen molar-refractivity contribution in [2.45, 2.75) is 0 Å². The summed E-state index contributed by atoms with van der Waals surface area (Å²) in [6, 6.07) is 4.95. The van der Waals surface area contributed by atoms with Crippen LogP contribution in [0.1, 0.15) is 5.56 Å². The number of carbonyl (C=O) groups is 1. The first-order valence-electron chi connectivity index (χ1n) is 3.24. The second kappa shape index (κ2) is 3.80. The van der Waals surface area contributed by atoms with Crippen LogP contribution in [0.2, 0.25) is 5.02 Å². The number of rotatable bonds is 0. The highest BCUT2D eigenvalue weighted by atomic mass is 35.5. The first-order chi connectivity index (χ1) is 5.74. The third kappa shape index (κ3) is 2.01. The molecule has 0 atom stereocenters. The van der Waals surface area contributed by atoms with E-state index in [1.54, 1.807) is 18.2 Å². The summed E-state index contributed by atoms with van der Waals surface area (Å²) >= 11 is 5.77. The SMILES string of the molecule is Nc1ccc(C#CC=O)c(Cl)c1. The summed E-state index contributed by atoms with van der Waals surface area (Å²) in [5.74, 6) is 4.85. The lowest BCUT2D eigenvalue weighted by Crippen LogP contribution is -1.85. The predicted octanol–water partition coefficient (Wildman–Crippen LogP) is 1.47. The molecule has 2 nitrogen and oxygen atoms in total. The summed E-state index contributed by atoms with van der Waals surface area (Å²) in [5.41, 5.74) is 6.64. The molecule has 0 fully saturated rings. The van der Waals surface area contributed by atoms with Crippen LogP contribution < -0.4 is 5.73 Å². The van der Waals surface area contributed by atoms with Gasteiger partial charge in [-0.25, -0.2) is 0 Å². The Kier molecular flexibility index (Phi) is 2.73. The molecule has 0 unspecified atom stereocenters. The van der Waals surface area contributed by atoms with E-state index in [0.717, 1.165) is 0 Å². The van der Waals surface area contributed by atoms with Crippen molar-refractivity contribution in [3.63, 3.8) is 0 Å². The Bertz CT molecular complexity index is 363. The molecule has 0 saturated carbocycles. The molecule has 0 aliphatic rings. The van der Waals surface area contributed by atoms with Gasteiger partial charge in [0.2, 0.25) is 0 Å². The van der Waals surface area contributed by atoms with Crippen molar-refractivity contribution >= 4 is 23.6 Å². The van der Waals surface area contributed by atoms with Gasteiger partial charge in [0.1, 0.15) is 0 Å². The van der Waals surface area contributed by atoms with Crippen LogP contribution in [0.3, 0.4) is 0 Å². The number of carbonyl (C=O) groups excluding carboxylic acids is 1. The molecule has 2 N–H and O–H groups in total. The highest BCUT2D eigenvalue weighted by Gasteiger charge is 1.95. The van der Waals surface area contributed by atoms with Crippen LogP contribution in [0, 0.1) is 11.8 Å². The molecule has 0 aliphatic heterocycles. The van der Waals surface area contributed by atoms with Crippen molar-refractivity contribution in [2.24, 2.45) is 0 Å². The summed E-state index contributed by atoms with van der Waals surface area (Å²) < 4.78 is 0. The van der Waals surface area contributed by atoms with Gasteiger partial charge in [0, 0.05) is 11.3 Å². The van der Waals surface area contributed by atoms with Crippen molar-refractivity contribution in [2.75, 3.05) is 5.73 Å². The smallest absolute Gasteiger partial charge is 0.193 e. The highest BCUT2D eigenvalue weighted by Crippen LogP contribution is 2.17. The van der Waals surface area contributed by atoms with Crippen molar-refractivity contribution in [1.82, 2.24) is 0 Å². The number of hydrogen-bond donors (Lipinski definition) is 1. The average molecular weight is 180 g/mol. The largest absolute Gasteiger partial charge is 0.399 e. The maximum atomic E-state index is 9.92. The number of nitrogens with two attached hydrogens (primary N) is 1. The van der Waals surface area contributed by atoms with E-state index in [4.69, 9.17) is 17.3 Å². The minimum absolute atomic E-state index is 0.462. The maximum Gasteiger partial charge on any atom is 0.193 e. The Morgan fingerprint density at radius 1 is 1.50 bits per heavy atom. The molecule has 0 aliphatic carbocycles. The first-order valence-corrected chi connectivity index (χ1v) is 3.62. The molecule has 12 heavy (non-hydrogen) atoms. The lowest BCUT2D eigenvalue weighted by molar-refractivity contribution is -0.103. The molecule has 0 heterocycles. The van der Waals surface area contributed by atoms with Gasteiger partial charge in [0.25, 0.3) is 0 Å². The molecule has 3 heteroatoms. The summed E-state index contributed by atoms with van der Waals surface area (Å²) in [6.45, 7) is 0. The molecule has 0 bridgehead atoms. The predicted molar refractivity (Wildman–Crippen MR) is 48.8 cm³/mol. The third-order valence-corrected chi connectivity index (χ3v) is 1.57. The van der Waals surface area contributed by atoms with Gasteiger partial charge < -0.3 is 5.73 Å². The number of hydrogen-bond acceptors (Lipinski definition) is 2. The van der Waals surface area contributed by atoms with Gasteiger partial charge in [-0.05, 0) is 24.1 Å². The average Bonchev–Trinajstić information content (AvgIpc) is 2.03. The van der Waals surface area contributed by atoms with E-state index in [1.165, 1.54) is 0 Å². The minimum Gasteiger partial charge on any atom is -0.399 e. The Balaban J connectivity index is 3.09. The Hall–Kier alpha value is -1.46. The summed E-state index contributed by atoms with van der Waals surface area (Å²) in [6.07, 6.45) is 0.521. The quantitative estimate of drug-likeness (QED) is 0.372. The molecule has 0 radical (unpaired) electrons. The fraction of sp³-hybridized carbons (Fsp3) is 0. The van der Waals surface area contributed by atoms with E-state index in [9.17, 15) is 4.79 Å². The maximum absolute atomic E-state index is 9.92. The fourth-order valence-corrected chi connectivity index (χ4v) is 0.976. The van der Waals surface area contributed by atoms with Gasteiger partial charge in [-0.2, -0.15) is 0 Å². The number of halogens is 1. The summed E-state index contributed by atoms with van der Waals surface area (Å²) in [4.78, 5) is 9.92. The molecule has 1 aromatic rings. The zero-order chi connectivity index (χ0) is 8.97. The Morgan fingerprint density at radius 3 is 2.83 bits per heavy atom. The van der Waals surface area contributed by atoms with Gasteiger partial charge in [-0.15, -0.1) is 0 Å². The van der Waals surface area contributed by atoms with Crippen LogP contribution in [0.5, 0.6) is 0 Å². The molecule has 0 saturated heterocycles. The molecule has 1 aromatic carbocycles. The minimum atomic E-state index is 0.462. The highest BCUT2D eigenvalue weighted by molar-refractivity contribution is 6.32. The van der Waals surface area contributed by atoms with Gasteiger partial charge in [-0.3, -0.25) is 4.79 Å². The second-order valence-electron chi connectivity index (χ2n) is 2.13. The van der Waals surface area contributed by atoms with Crippen molar-refractivity contribution in [1.29, 1.82) is 0 Å². The van der Waals surface area contributed by atoms with E-state index in [0.29, 0.717) is 22.6 Å². The fourth-order valence-electron chi connectivity index (χ4n) is 0.740. The Labute approximate surface area is 75.3 Å². The molecule has 0 spiro atoms. The van der Waals surface area contributed by atoms with Crippen LogP contribution in [0.15, 0.2) is 18.2 Å². The van der Waals surface area contributed by atoms with E-state index < -0.39 is 0 Å². The van der Waals surface area contributed by atoms with Crippen LogP contribution in [-0.2, 0) is 4.79 Å². The van der Waals surface area contributed by atoms with Gasteiger partial charge in [-0.1, -0.05) is 17.5 Å². The standard InChI is InChI=1S/C9H6ClNO/c10-9-6-8(11)4-3-7(9)2-1-5-12/h3-6H,11H2.